The molecule has 1 heterocycles. The SMILES string of the molecule is CC[C@H]1OC(=O)[C@H](C)C(=O)[C@H](C)[C@@H](C)[C@](C)(OC)C[C@@H](C)/C(=N\COCCCF)[C@H](C)[C@@H](O)[C@]1(C)O. The second-order valence-electron chi connectivity index (χ2n) is 10.8. The number of methoxy groups -OCH3 is 1. The van der Waals surface area contributed by atoms with Gasteiger partial charge in [0.1, 0.15) is 30.1 Å². The van der Waals surface area contributed by atoms with E-state index in [1.54, 1.807) is 27.9 Å². The quantitative estimate of drug-likeness (QED) is 0.300. The van der Waals surface area contributed by atoms with E-state index >= 15 is 0 Å². The van der Waals surface area contributed by atoms with Crippen molar-refractivity contribution in [3.05, 3.63) is 0 Å². The van der Waals surface area contributed by atoms with Crippen LogP contribution < -0.4 is 0 Å². The molecule has 2 N–H and O–H groups in total. The number of aliphatic imine (C=N–C) groups is 1. The lowest BCUT2D eigenvalue weighted by atomic mass is 9.71. The molecule has 1 rings (SSSR count). The van der Waals surface area contributed by atoms with Crippen molar-refractivity contribution in [1.29, 1.82) is 0 Å². The topological polar surface area (TPSA) is 115 Å². The van der Waals surface area contributed by atoms with Gasteiger partial charge in [-0.1, -0.05) is 34.6 Å². The molecule has 0 unspecified atom stereocenters. The Kier molecular flexibility index (Phi) is 12.6. The maximum atomic E-state index is 13.3. The number of esters is 1. The molecule has 0 bridgehead atoms. The van der Waals surface area contributed by atoms with Crippen LogP contribution in [-0.2, 0) is 23.8 Å². The van der Waals surface area contributed by atoms with Crippen LogP contribution in [0.1, 0.15) is 74.7 Å². The molecule has 0 radical (unpaired) electrons. The maximum absolute atomic E-state index is 13.3. The number of cyclic esters (lactones) is 1. The van der Waals surface area contributed by atoms with Gasteiger partial charge in [0.15, 0.2) is 0 Å². The molecule has 8 nitrogen and oxygen atoms in total. The van der Waals surface area contributed by atoms with Crippen LogP contribution in [0.2, 0.25) is 0 Å². The zero-order valence-electron chi connectivity index (χ0n) is 23.5. The number of ether oxygens (including phenoxy) is 3. The highest BCUT2D eigenvalue weighted by molar-refractivity contribution is 5.99. The van der Waals surface area contributed by atoms with Crippen LogP contribution in [-0.4, -0.2) is 78.2 Å². The summed E-state index contributed by atoms with van der Waals surface area (Å²) in [5, 5.41) is 22.7. The van der Waals surface area contributed by atoms with Crippen LogP contribution in [0.15, 0.2) is 4.99 Å². The van der Waals surface area contributed by atoms with Crippen LogP contribution in [0.25, 0.3) is 0 Å². The third-order valence-corrected chi connectivity index (χ3v) is 8.21. The van der Waals surface area contributed by atoms with E-state index in [-0.39, 0.29) is 43.8 Å². The lowest BCUT2D eigenvalue weighted by Crippen LogP contribution is -2.56. The standard InChI is InChI=1S/C27H48FNO7/c1-10-21-27(8,33)24(31)18(4)22(29-15-35-13-11-12-28)16(2)14-26(7,34-9)20(6)17(3)23(30)19(5)25(32)36-21/h16-21,24,31,33H,10-15H2,1-9H3/b29-22+/t16-,17-,18+,19-,20-,21-,24-,26-,27-/m1/s1. The monoisotopic (exact) mass is 517 g/mol. The highest BCUT2D eigenvalue weighted by Crippen LogP contribution is 2.38. The summed E-state index contributed by atoms with van der Waals surface area (Å²) in [5.74, 6) is -3.60. The molecule has 0 aliphatic carbocycles. The zero-order valence-corrected chi connectivity index (χ0v) is 23.5. The van der Waals surface area contributed by atoms with Gasteiger partial charge in [-0.15, -0.1) is 0 Å². The summed E-state index contributed by atoms with van der Waals surface area (Å²) < 4.78 is 29.4. The van der Waals surface area contributed by atoms with Gasteiger partial charge in [0.25, 0.3) is 0 Å². The summed E-state index contributed by atoms with van der Waals surface area (Å²) in [5.41, 5.74) is -1.96. The number of alkyl halides is 1. The Hall–Kier alpha value is -1.42. The van der Waals surface area contributed by atoms with Crippen molar-refractivity contribution in [2.75, 3.05) is 27.1 Å². The van der Waals surface area contributed by atoms with Crippen LogP contribution in [0.5, 0.6) is 0 Å². The fraction of sp³-hybridized carbons (Fsp3) is 0.889. The van der Waals surface area contributed by atoms with E-state index in [4.69, 9.17) is 14.2 Å². The van der Waals surface area contributed by atoms with Gasteiger partial charge in [0.2, 0.25) is 0 Å². The second kappa shape index (κ2) is 13.9. The number of rotatable bonds is 7. The first-order valence-corrected chi connectivity index (χ1v) is 13.1. The number of Topliss-reactive ketones (excluding diaryl/α,β-unsaturated/α-hetero) is 1. The number of halogens is 1. The first-order chi connectivity index (χ1) is 16.7. The molecule has 9 heteroatoms. The Bertz CT molecular complexity index is 758. The average molecular weight is 518 g/mol. The van der Waals surface area contributed by atoms with Crippen molar-refractivity contribution in [3.63, 3.8) is 0 Å². The maximum Gasteiger partial charge on any atom is 0.316 e. The van der Waals surface area contributed by atoms with Gasteiger partial charge in [-0.05, 0) is 51.9 Å². The lowest BCUT2D eigenvalue weighted by molar-refractivity contribution is -0.186. The lowest BCUT2D eigenvalue weighted by Gasteiger charge is -2.43. The van der Waals surface area contributed by atoms with Crippen LogP contribution in [0.3, 0.4) is 0 Å². The van der Waals surface area contributed by atoms with Crippen molar-refractivity contribution in [1.82, 2.24) is 0 Å². The Morgan fingerprint density at radius 2 is 1.75 bits per heavy atom. The van der Waals surface area contributed by atoms with Gasteiger partial charge in [0, 0.05) is 24.7 Å². The summed E-state index contributed by atoms with van der Waals surface area (Å²) in [6.45, 7) is 13.8. The van der Waals surface area contributed by atoms with Crippen molar-refractivity contribution in [3.8, 4) is 0 Å². The smallest absolute Gasteiger partial charge is 0.316 e. The Balaban J connectivity index is 3.58. The Morgan fingerprint density at radius 3 is 2.28 bits per heavy atom. The van der Waals surface area contributed by atoms with E-state index in [1.807, 2.05) is 20.8 Å². The minimum Gasteiger partial charge on any atom is -0.459 e. The number of aliphatic hydroxyl groups excluding tert-OH is 1. The molecule has 210 valence electrons. The third-order valence-electron chi connectivity index (χ3n) is 8.21. The molecule has 0 spiro atoms. The molecule has 0 saturated carbocycles. The third kappa shape index (κ3) is 7.55. The highest BCUT2D eigenvalue weighted by atomic mass is 19.1. The van der Waals surface area contributed by atoms with Gasteiger partial charge in [0.05, 0.1) is 25.0 Å². The molecular weight excluding hydrogens is 469 g/mol. The van der Waals surface area contributed by atoms with Gasteiger partial charge in [-0.25, -0.2) is 0 Å². The number of carbonyl (C=O) groups is 2. The first-order valence-electron chi connectivity index (χ1n) is 13.1. The second-order valence-corrected chi connectivity index (χ2v) is 10.8. The zero-order chi connectivity index (χ0) is 27.8. The van der Waals surface area contributed by atoms with Crippen molar-refractivity contribution in [2.45, 2.75) is 98.1 Å². The fourth-order valence-corrected chi connectivity index (χ4v) is 5.26. The molecule has 1 saturated heterocycles. The first kappa shape index (κ1) is 32.6. The summed E-state index contributed by atoms with van der Waals surface area (Å²) in [4.78, 5) is 30.8. The molecule has 9 atom stereocenters. The molecule has 1 aliphatic rings. The molecule has 36 heavy (non-hydrogen) atoms. The minimum absolute atomic E-state index is 0.0171. The van der Waals surface area contributed by atoms with Crippen LogP contribution in [0.4, 0.5) is 4.39 Å². The average Bonchev–Trinajstić information content (AvgIpc) is 2.85. The molecule has 0 aromatic rings. The highest BCUT2D eigenvalue weighted by Gasteiger charge is 2.48. The molecule has 0 aromatic carbocycles. The molecule has 0 amide bonds. The van der Waals surface area contributed by atoms with Crippen LogP contribution in [0, 0.1) is 29.6 Å². The summed E-state index contributed by atoms with van der Waals surface area (Å²) in [6.07, 6.45) is -1.39. The van der Waals surface area contributed by atoms with Gasteiger partial charge >= 0.3 is 5.97 Å². The van der Waals surface area contributed by atoms with E-state index in [0.29, 0.717) is 12.1 Å². The fourth-order valence-electron chi connectivity index (χ4n) is 5.26. The number of carbonyl (C=O) groups excluding carboxylic acids is 2. The summed E-state index contributed by atoms with van der Waals surface area (Å²) in [6, 6.07) is 0. The number of nitrogens with zero attached hydrogens (tertiary/aromatic N) is 1. The van der Waals surface area contributed by atoms with E-state index in [1.165, 1.54) is 13.8 Å². The van der Waals surface area contributed by atoms with Crippen LogP contribution >= 0.6 is 0 Å². The van der Waals surface area contributed by atoms with Crippen molar-refractivity contribution < 1.29 is 38.4 Å². The number of hydrogen-bond acceptors (Lipinski definition) is 8. The number of ketones is 1. The molecule has 1 fully saturated rings. The minimum atomic E-state index is -1.81. The Morgan fingerprint density at radius 1 is 1.14 bits per heavy atom. The van der Waals surface area contributed by atoms with Gasteiger partial charge < -0.3 is 24.4 Å². The number of hydrogen-bond donors (Lipinski definition) is 2. The van der Waals surface area contributed by atoms with Gasteiger partial charge in [-0.3, -0.25) is 19.0 Å². The van der Waals surface area contributed by atoms with Crippen molar-refractivity contribution >= 4 is 17.5 Å². The summed E-state index contributed by atoms with van der Waals surface area (Å²) in [7, 11) is 1.59. The predicted octanol–water partition coefficient (Wildman–Crippen LogP) is 3.75. The largest absolute Gasteiger partial charge is 0.459 e. The normalized spacial score (nSPS) is 40.7. The van der Waals surface area contributed by atoms with Gasteiger partial charge in [-0.2, -0.15) is 0 Å². The Labute approximate surface area is 216 Å². The van der Waals surface area contributed by atoms with E-state index in [0.717, 1.165) is 0 Å². The van der Waals surface area contributed by atoms with E-state index < -0.39 is 53.8 Å². The predicted molar refractivity (Wildman–Crippen MR) is 137 cm³/mol. The van der Waals surface area contributed by atoms with Crippen molar-refractivity contribution in [2.24, 2.45) is 34.6 Å². The molecule has 0 aromatic heterocycles. The van der Waals surface area contributed by atoms with E-state index in [2.05, 4.69) is 4.99 Å². The number of aliphatic hydroxyl groups is 2. The molecular formula is C27H48FNO7. The molecule has 1 aliphatic heterocycles. The van der Waals surface area contributed by atoms with E-state index in [9.17, 15) is 24.2 Å². The summed E-state index contributed by atoms with van der Waals surface area (Å²) >= 11 is 0.